The normalized spacial score (nSPS) is 28.2. The van der Waals surface area contributed by atoms with Gasteiger partial charge >= 0.3 is 0 Å². The molecule has 0 bridgehead atoms. The molecule has 0 aromatic heterocycles. The van der Waals surface area contributed by atoms with Gasteiger partial charge in [-0.3, -0.25) is 19.3 Å². The number of benzene rings is 1. The number of phenolic OH excluding ortho intramolecular Hbond substituents is 1. The van der Waals surface area contributed by atoms with Gasteiger partial charge in [0, 0.05) is 19.6 Å². The highest BCUT2D eigenvalue weighted by molar-refractivity contribution is 6.76. The molecule has 0 spiro atoms. The Balaban J connectivity index is 1.91. The minimum Gasteiger partial charge on any atom is -0.508 e. The van der Waals surface area contributed by atoms with Crippen LogP contribution < -0.4 is 5.73 Å². The van der Waals surface area contributed by atoms with Gasteiger partial charge in [-0.2, -0.15) is 0 Å². The lowest BCUT2D eigenvalue weighted by Gasteiger charge is -2.50. The number of aromatic hydroxyl groups is 1. The van der Waals surface area contributed by atoms with Gasteiger partial charge in [-0.25, -0.2) is 0 Å². The minimum atomic E-state index is -2.62. The number of rotatable bonds is 5. The molecule has 1 saturated carbocycles. The van der Waals surface area contributed by atoms with E-state index in [0.717, 1.165) is 23.6 Å². The molecule has 0 saturated heterocycles. The fraction of sp³-hybridized carbons (Fsp3) is 0.500. The van der Waals surface area contributed by atoms with Crippen molar-refractivity contribution >= 4 is 31.3 Å². The molecule has 4 rings (SSSR count). The first-order chi connectivity index (χ1) is 16.6. The van der Waals surface area contributed by atoms with Crippen molar-refractivity contribution in [1.82, 2.24) is 4.90 Å². The van der Waals surface area contributed by atoms with Crippen molar-refractivity contribution in [3.63, 3.8) is 0 Å². The standard InChI is InChI=1S/C26H34N2O7Si/c1-28(2)20-15-11-13-10-14-12(8-9-36(3,4)5)6-7-16(29)18(14)21(30)17(13)23(32)26(15,35)24(33)19(22(20)31)25(27)34/h6-7,13,15,20,29-30,33,35H,8-11H2,1-5H3,(H2,27,34). The molecule has 1 amide bonds. The molecule has 4 unspecified atom stereocenters. The molecule has 0 heterocycles. The first kappa shape index (κ1) is 26.1. The van der Waals surface area contributed by atoms with E-state index in [0.29, 0.717) is 6.42 Å². The summed E-state index contributed by atoms with van der Waals surface area (Å²) in [7, 11) is 1.78. The van der Waals surface area contributed by atoms with Crippen LogP contribution in [0.3, 0.4) is 0 Å². The number of aliphatic hydroxyl groups is 3. The second kappa shape index (κ2) is 8.57. The average molecular weight is 515 g/mol. The Labute approximate surface area is 210 Å². The van der Waals surface area contributed by atoms with Crippen LogP contribution in [0.15, 0.2) is 29.0 Å². The third kappa shape index (κ3) is 3.79. The lowest BCUT2D eigenvalue weighted by molar-refractivity contribution is -0.153. The van der Waals surface area contributed by atoms with E-state index in [1.165, 1.54) is 11.0 Å². The number of hydrogen-bond donors (Lipinski definition) is 5. The number of aliphatic hydroxyl groups excluding tert-OH is 2. The van der Waals surface area contributed by atoms with Gasteiger partial charge in [0.25, 0.3) is 5.91 Å². The van der Waals surface area contributed by atoms with Crippen LogP contribution in [0.5, 0.6) is 5.75 Å². The molecule has 3 aliphatic carbocycles. The second-order valence-corrected chi connectivity index (χ2v) is 17.2. The maximum Gasteiger partial charge on any atom is 0.255 e. The number of ketones is 2. The van der Waals surface area contributed by atoms with Crippen LogP contribution in [-0.2, 0) is 27.2 Å². The summed E-state index contributed by atoms with van der Waals surface area (Å²) in [6.45, 7) is 6.79. The Hall–Kier alpha value is -2.95. The van der Waals surface area contributed by atoms with Gasteiger partial charge in [-0.1, -0.05) is 31.8 Å². The smallest absolute Gasteiger partial charge is 0.255 e. The first-order valence-corrected chi connectivity index (χ1v) is 15.8. The monoisotopic (exact) mass is 514 g/mol. The molecular formula is C26H34N2O7Si. The fourth-order valence-corrected chi connectivity index (χ4v) is 7.07. The molecule has 0 radical (unpaired) electrons. The van der Waals surface area contributed by atoms with Crippen LogP contribution in [0, 0.1) is 11.8 Å². The molecule has 3 aliphatic rings. The highest BCUT2D eigenvalue weighted by atomic mass is 28.3. The van der Waals surface area contributed by atoms with Gasteiger partial charge in [0.15, 0.2) is 11.4 Å². The van der Waals surface area contributed by atoms with Crippen molar-refractivity contribution in [3.05, 3.63) is 45.7 Å². The summed E-state index contributed by atoms with van der Waals surface area (Å²) >= 11 is 0. The number of hydrogen-bond acceptors (Lipinski definition) is 8. The van der Waals surface area contributed by atoms with E-state index in [9.17, 15) is 34.8 Å². The van der Waals surface area contributed by atoms with E-state index < -0.39 is 66.1 Å². The van der Waals surface area contributed by atoms with Crippen molar-refractivity contribution in [2.45, 2.75) is 56.6 Å². The Morgan fingerprint density at radius 3 is 2.36 bits per heavy atom. The van der Waals surface area contributed by atoms with Crippen molar-refractivity contribution in [2.24, 2.45) is 17.6 Å². The number of Topliss-reactive ketones (excluding diaryl/α,β-unsaturated/α-hetero) is 2. The number of nitrogens with zero attached hydrogens (tertiary/aromatic N) is 1. The summed E-state index contributed by atoms with van der Waals surface area (Å²) in [5.41, 5.74) is 3.67. The number of carbonyl (C=O) groups is 3. The zero-order valence-corrected chi connectivity index (χ0v) is 22.3. The summed E-state index contributed by atoms with van der Waals surface area (Å²) < 4.78 is 0. The molecule has 10 heteroatoms. The van der Waals surface area contributed by atoms with E-state index in [2.05, 4.69) is 19.6 Å². The van der Waals surface area contributed by atoms with Gasteiger partial charge in [0.05, 0.1) is 11.6 Å². The van der Waals surface area contributed by atoms with Crippen LogP contribution in [0.25, 0.3) is 5.76 Å². The maximum atomic E-state index is 13.8. The SMILES string of the molecule is CN(C)C1C(=O)C(C(N)=O)=C(O)C2(O)C(=O)C3=C(O)c4c(O)ccc(CC[Si](C)(C)C)c4CC3CC12. The van der Waals surface area contributed by atoms with E-state index in [4.69, 9.17) is 5.73 Å². The van der Waals surface area contributed by atoms with Crippen molar-refractivity contribution in [2.75, 3.05) is 14.1 Å². The second-order valence-electron chi connectivity index (χ2n) is 11.6. The van der Waals surface area contributed by atoms with Crippen molar-refractivity contribution < 1.29 is 34.8 Å². The number of nitrogens with two attached hydrogens (primary N) is 1. The van der Waals surface area contributed by atoms with Crippen LogP contribution in [0.4, 0.5) is 0 Å². The molecule has 36 heavy (non-hydrogen) atoms. The van der Waals surface area contributed by atoms with Gasteiger partial charge in [-0.15, -0.1) is 0 Å². The van der Waals surface area contributed by atoms with Gasteiger partial charge in [-0.05, 0) is 56.5 Å². The lowest BCUT2D eigenvalue weighted by atomic mass is 9.57. The summed E-state index contributed by atoms with van der Waals surface area (Å²) in [6, 6.07) is 3.25. The Morgan fingerprint density at radius 2 is 1.81 bits per heavy atom. The van der Waals surface area contributed by atoms with E-state index in [1.54, 1.807) is 14.1 Å². The Bertz CT molecular complexity index is 1240. The summed E-state index contributed by atoms with van der Waals surface area (Å²) in [5.74, 6) is -6.33. The molecule has 194 valence electrons. The topological polar surface area (TPSA) is 161 Å². The maximum absolute atomic E-state index is 13.8. The van der Waals surface area contributed by atoms with E-state index >= 15 is 0 Å². The molecule has 1 fully saturated rings. The largest absolute Gasteiger partial charge is 0.508 e. The van der Waals surface area contributed by atoms with Crippen LogP contribution in [-0.4, -0.2) is 76.6 Å². The van der Waals surface area contributed by atoms with E-state index in [-0.39, 0.29) is 23.3 Å². The number of amides is 1. The molecule has 6 N–H and O–H groups in total. The molecule has 0 aliphatic heterocycles. The van der Waals surface area contributed by atoms with E-state index in [1.807, 2.05) is 6.07 Å². The zero-order chi connectivity index (χ0) is 26.9. The highest BCUT2D eigenvalue weighted by Crippen LogP contribution is 2.53. The summed E-state index contributed by atoms with van der Waals surface area (Å²) in [6.07, 6.45) is 1.18. The van der Waals surface area contributed by atoms with Crippen LogP contribution in [0.1, 0.15) is 23.1 Å². The highest BCUT2D eigenvalue weighted by Gasteiger charge is 2.64. The predicted octanol–water partition coefficient (Wildman–Crippen LogP) is 1.84. The molecule has 9 nitrogen and oxygen atoms in total. The van der Waals surface area contributed by atoms with Gasteiger partial charge in [0.2, 0.25) is 5.78 Å². The molecule has 1 aromatic carbocycles. The number of aryl methyl sites for hydroxylation is 1. The number of fused-ring (bicyclic) bond motifs is 3. The molecular weight excluding hydrogens is 480 g/mol. The third-order valence-electron chi connectivity index (χ3n) is 7.85. The number of primary amides is 1. The van der Waals surface area contributed by atoms with Gasteiger partial charge in [0.1, 0.15) is 22.8 Å². The number of carbonyl (C=O) groups excluding carboxylic acids is 3. The third-order valence-corrected chi connectivity index (χ3v) is 9.60. The predicted molar refractivity (Wildman–Crippen MR) is 136 cm³/mol. The zero-order valence-electron chi connectivity index (χ0n) is 21.3. The lowest BCUT2D eigenvalue weighted by Crippen LogP contribution is -2.65. The Kier molecular flexibility index (Phi) is 6.22. The summed E-state index contributed by atoms with van der Waals surface area (Å²) in [5, 5.41) is 44.4. The number of likely N-dealkylation sites (N-methyl/N-ethyl adjacent to an activating group) is 1. The van der Waals surface area contributed by atoms with Crippen molar-refractivity contribution in [1.29, 1.82) is 0 Å². The van der Waals surface area contributed by atoms with Crippen LogP contribution in [0.2, 0.25) is 25.7 Å². The Morgan fingerprint density at radius 1 is 1.17 bits per heavy atom. The fourth-order valence-electron chi connectivity index (χ4n) is 6.05. The number of phenols is 1. The average Bonchev–Trinajstić information content (AvgIpc) is 2.74. The van der Waals surface area contributed by atoms with Crippen LogP contribution >= 0.6 is 0 Å². The molecule has 1 aromatic rings. The first-order valence-electron chi connectivity index (χ1n) is 12.1. The minimum absolute atomic E-state index is 0.0921. The quantitative estimate of drug-likeness (QED) is 0.294. The van der Waals surface area contributed by atoms with Crippen molar-refractivity contribution in [3.8, 4) is 5.75 Å². The molecule has 4 atom stereocenters. The summed E-state index contributed by atoms with van der Waals surface area (Å²) in [4.78, 5) is 40.5. The van der Waals surface area contributed by atoms with Gasteiger partial charge < -0.3 is 26.2 Å².